The van der Waals surface area contributed by atoms with E-state index in [-0.39, 0.29) is 5.97 Å². The average molecular weight is 268 g/mol. The summed E-state index contributed by atoms with van der Waals surface area (Å²) >= 11 is 0. The predicted molar refractivity (Wildman–Crippen MR) is 70.9 cm³/mol. The molecule has 2 unspecified atom stereocenters. The molecule has 98 valence electrons. The van der Waals surface area contributed by atoms with Crippen LogP contribution >= 0.6 is 8.58 Å². The van der Waals surface area contributed by atoms with E-state index in [1.165, 1.54) is 19.6 Å². The van der Waals surface area contributed by atoms with Crippen LogP contribution in [0.1, 0.15) is 12.5 Å². The van der Waals surface area contributed by atoms with E-state index in [1.807, 2.05) is 30.3 Å². The lowest BCUT2D eigenvalue weighted by atomic mass is 10.2. The molecule has 0 fully saturated rings. The molecule has 1 aromatic carbocycles. The number of carbonyl (C=O) groups is 2. The quantitative estimate of drug-likeness (QED) is 0.584. The Morgan fingerprint density at radius 2 is 1.94 bits per heavy atom. The van der Waals surface area contributed by atoms with Gasteiger partial charge in [-0.1, -0.05) is 30.3 Å². The number of ether oxygens (including phenoxy) is 2. The topological polar surface area (TPSA) is 52.6 Å². The van der Waals surface area contributed by atoms with Gasteiger partial charge >= 0.3 is 11.9 Å². The third-order valence-electron chi connectivity index (χ3n) is 2.28. The number of hydrogen-bond acceptors (Lipinski definition) is 4. The summed E-state index contributed by atoms with van der Waals surface area (Å²) in [6, 6.07) is 9.94. The molecule has 1 aromatic rings. The average Bonchev–Trinajstić information content (AvgIpc) is 2.38. The number of esters is 2. The van der Waals surface area contributed by atoms with E-state index in [2.05, 4.69) is 4.74 Å². The van der Waals surface area contributed by atoms with Gasteiger partial charge in [0.2, 0.25) is 0 Å². The van der Waals surface area contributed by atoms with E-state index in [1.54, 1.807) is 0 Å². The van der Waals surface area contributed by atoms with E-state index in [0.29, 0.717) is 14.7 Å². The molecule has 0 spiro atoms. The first-order valence-electron chi connectivity index (χ1n) is 5.65. The Balaban J connectivity index is 2.23. The van der Waals surface area contributed by atoms with Crippen LogP contribution in [0.2, 0.25) is 0 Å². The van der Waals surface area contributed by atoms with Gasteiger partial charge in [-0.15, -0.1) is 8.58 Å². The first kappa shape index (κ1) is 14.7. The van der Waals surface area contributed by atoms with E-state index >= 15 is 0 Å². The fourth-order valence-electron chi connectivity index (χ4n) is 1.36. The van der Waals surface area contributed by atoms with Crippen molar-refractivity contribution in [3.63, 3.8) is 0 Å². The maximum atomic E-state index is 11.4. The SMILES string of the molecule is COC(=O)C(C)OC(=O)CPCc1ccccc1. The van der Waals surface area contributed by atoms with Crippen LogP contribution < -0.4 is 0 Å². The highest BCUT2D eigenvalue weighted by molar-refractivity contribution is 7.38. The molecule has 0 aliphatic carbocycles. The molecule has 4 nitrogen and oxygen atoms in total. The van der Waals surface area contributed by atoms with Crippen LogP contribution in [-0.4, -0.2) is 31.3 Å². The van der Waals surface area contributed by atoms with Gasteiger partial charge in [0.05, 0.1) is 13.3 Å². The second-order valence-corrected chi connectivity index (χ2v) is 4.95. The Morgan fingerprint density at radius 3 is 2.56 bits per heavy atom. The molecule has 0 amide bonds. The molecule has 0 bridgehead atoms. The summed E-state index contributed by atoms with van der Waals surface area (Å²) in [5.74, 6) is -0.892. The molecule has 0 aromatic heterocycles. The molecular formula is C13H17O4P. The molecule has 2 atom stereocenters. The highest BCUT2D eigenvalue weighted by Crippen LogP contribution is 2.18. The van der Waals surface area contributed by atoms with Gasteiger partial charge in [0, 0.05) is 0 Å². The van der Waals surface area contributed by atoms with Gasteiger partial charge < -0.3 is 9.47 Å². The molecule has 0 radical (unpaired) electrons. The van der Waals surface area contributed by atoms with Crippen molar-refractivity contribution in [2.75, 3.05) is 13.3 Å². The zero-order valence-electron chi connectivity index (χ0n) is 10.5. The molecule has 0 saturated heterocycles. The van der Waals surface area contributed by atoms with Crippen LogP contribution in [0.25, 0.3) is 0 Å². The van der Waals surface area contributed by atoms with Gasteiger partial charge in [-0.2, -0.15) is 0 Å². The van der Waals surface area contributed by atoms with E-state index in [4.69, 9.17) is 4.74 Å². The second-order valence-electron chi connectivity index (χ2n) is 3.74. The normalized spacial score (nSPS) is 12.3. The van der Waals surface area contributed by atoms with Crippen molar-refractivity contribution < 1.29 is 19.1 Å². The number of hydrogen-bond donors (Lipinski definition) is 0. The smallest absolute Gasteiger partial charge is 0.346 e. The summed E-state index contributed by atoms with van der Waals surface area (Å²) in [6.45, 7) is 1.50. The Labute approximate surface area is 108 Å². The zero-order chi connectivity index (χ0) is 13.4. The van der Waals surface area contributed by atoms with Crippen molar-refractivity contribution in [1.29, 1.82) is 0 Å². The Hall–Kier alpha value is -1.41. The first-order valence-corrected chi connectivity index (χ1v) is 7.07. The molecule has 0 saturated carbocycles. The largest absolute Gasteiger partial charge is 0.466 e. The van der Waals surface area contributed by atoms with E-state index in [9.17, 15) is 9.59 Å². The molecule has 0 heterocycles. The zero-order valence-corrected chi connectivity index (χ0v) is 11.5. The molecule has 5 heteroatoms. The number of rotatable bonds is 6. The fourth-order valence-corrected chi connectivity index (χ4v) is 2.29. The van der Waals surface area contributed by atoms with Gasteiger partial charge in [-0.05, 0) is 18.6 Å². The van der Waals surface area contributed by atoms with Crippen molar-refractivity contribution in [2.45, 2.75) is 19.2 Å². The number of carbonyl (C=O) groups excluding carboxylic acids is 2. The summed E-state index contributed by atoms with van der Waals surface area (Å²) < 4.78 is 9.41. The highest BCUT2D eigenvalue weighted by Gasteiger charge is 2.17. The third-order valence-corrected chi connectivity index (χ3v) is 3.48. The monoisotopic (exact) mass is 268 g/mol. The predicted octanol–water partition coefficient (Wildman–Crippen LogP) is 1.97. The highest BCUT2D eigenvalue weighted by atomic mass is 31.1. The minimum atomic E-state index is -0.830. The van der Waals surface area contributed by atoms with Crippen LogP contribution in [0.5, 0.6) is 0 Å². The van der Waals surface area contributed by atoms with E-state index in [0.717, 1.165) is 6.16 Å². The van der Waals surface area contributed by atoms with Crippen LogP contribution in [0.15, 0.2) is 30.3 Å². The lowest BCUT2D eigenvalue weighted by molar-refractivity contribution is -0.163. The summed E-state index contributed by atoms with van der Waals surface area (Å²) in [4.78, 5) is 22.5. The maximum absolute atomic E-state index is 11.4. The summed E-state index contributed by atoms with van der Waals surface area (Å²) in [6.07, 6.45) is 0.350. The van der Waals surface area contributed by atoms with Crippen LogP contribution in [0, 0.1) is 0 Å². The second kappa shape index (κ2) is 7.83. The van der Waals surface area contributed by atoms with Crippen LogP contribution in [0.3, 0.4) is 0 Å². The third kappa shape index (κ3) is 5.28. The first-order chi connectivity index (χ1) is 8.63. The lowest BCUT2D eigenvalue weighted by Gasteiger charge is -2.10. The minimum Gasteiger partial charge on any atom is -0.466 e. The van der Waals surface area contributed by atoms with Crippen molar-refractivity contribution in [2.24, 2.45) is 0 Å². The van der Waals surface area contributed by atoms with Gasteiger partial charge in [0.25, 0.3) is 0 Å². The summed E-state index contributed by atoms with van der Waals surface area (Å²) in [5, 5.41) is 0. The molecule has 0 aliphatic rings. The molecule has 0 N–H and O–H groups in total. The molecule has 0 aliphatic heterocycles. The fraction of sp³-hybridized carbons (Fsp3) is 0.385. The van der Waals surface area contributed by atoms with Crippen molar-refractivity contribution >= 4 is 20.5 Å². The molecule has 1 rings (SSSR count). The van der Waals surface area contributed by atoms with E-state index < -0.39 is 12.1 Å². The minimum absolute atomic E-state index is 0.330. The van der Waals surface area contributed by atoms with Crippen LogP contribution in [-0.2, 0) is 25.2 Å². The van der Waals surface area contributed by atoms with Gasteiger partial charge in [0.15, 0.2) is 6.10 Å². The number of methoxy groups -OCH3 is 1. The Kier molecular flexibility index (Phi) is 6.37. The number of benzene rings is 1. The van der Waals surface area contributed by atoms with Gasteiger partial charge in [-0.3, -0.25) is 4.79 Å². The maximum Gasteiger partial charge on any atom is 0.346 e. The van der Waals surface area contributed by atoms with Crippen molar-refractivity contribution in [3.8, 4) is 0 Å². The van der Waals surface area contributed by atoms with Crippen molar-refractivity contribution in [1.82, 2.24) is 0 Å². The van der Waals surface area contributed by atoms with Gasteiger partial charge in [-0.25, -0.2) is 4.79 Å². The molecular weight excluding hydrogens is 251 g/mol. The van der Waals surface area contributed by atoms with Crippen LogP contribution in [0.4, 0.5) is 0 Å². The standard InChI is InChI=1S/C13H17O4P/c1-10(13(15)16-2)17-12(14)9-18-8-11-6-4-3-5-7-11/h3-7,10,18H,8-9H2,1-2H3. The Bertz CT molecular complexity index is 391. The summed E-state index contributed by atoms with van der Waals surface area (Å²) in [7, 11) is 1.72. The Morgan fingerprint density at radius 1 is 1.28 bits per heavy atom. The molecule has 18 heavy (non-hydrogen) atoms. The van der Waals surface area contributed by atoms with Gasteiger partial charge in [0.1, 0.15) is 0 Å². The van der Waals surface area contributed by atoms with Crippen molar-refractivity contribution in [3.05, 3.63) is 35.9 Å². The lowest BCUT2D eigenvalue weighted by Crippen LogP contribution is -2.25. The summed E-state index contributed by atoms with van der Waals surface area (Å²) in [5.41, 5.74) is 1.20.